The van der Waals surface area contributed by atoms with E-state index < -0.39 is 17.0 Å². The van der Waals surface area contributed by atoms with E-state index in [1.165, 1.54) is 48.8 Å². The summed E-state index contributed by atoms with van der Waals surface area (Å²) in [7, 11) is 10.3. The number of aromatic hydroxyl groups is 1. The molecule has 0 saturated carbocycles. The molecule has 1 fully saturated rings. The normalized spacial score (nSPS) is 14.9. The number of nitrogens with zero attached hydrogens (tertiary/aromatic N) is 1. The van der Waals surface area contributed by atoms with Crippen molar-refractivity contribution in [2.75, 3.05) is 13.1 Å². The summed E-state index contributed by atoms with van der Waals surface area (Å²) in [6, 6.07) is 12.7. The first-order valence-corrected chi connectivity index (χ1v) is 14.2. The van der Waals surface area contributed by atoms with Crippen LogP contribution in [-0.4, -0.2) is 23.1 Å². The van der Waals surface area contributed by atoms with E-state index in [0.29, 0.717) is 14.3 Å². The molecule has 1 heterocycles. The summed E-state index contributed by atoms with van der Waals surface area (Å²) < 4.78 is 0. The summed E-state index contributed by atoms with van der Waals surface area (Å²) >= 11 is -0.556. The van der Waals surface area contributed by atoms with E-state index >= 15 is 0 Å². The molecule has 1 aliphatic heterocycles. The van der Waals surface area contributed by atoms with Crippen molar-refractivity contribution in [1.29, 1.82) is 0 Å². The molecule has 0 aliphatic carbocycles. The number of benzene rings is 2. The molecule has 0 aromatic heterocycles. The van der Waals surface area contributed by atoms with Crippen molar-refractivity contribution in [3.05, 3.63) is 53.1 Å². The van der Waals surface area contributed by atoms with Gasteiger partial charge in [0.2, 0.25) is 0 Å². The Bertz CT molecular complexity index is 708. The van der Waals surface area contributed by atoms with Gasteiger partial charge in [-0.15, -0.1) is 0 Å². The molecule has 0 radical (unpaired) electrons. The fourth-order valence-corrected chi connectivity index (χ4v) is 4.66. The average molecular weight is 446 g/mol. The van der Waals surface area contributed by atoms with Gasteiger partial charge in [-0.25, -0.2) is 0 Å². The van der Waals surface area contributed by atoms with Crippen LogP contribution < -0.4 is 10.6 Å². The average Bonchev–Trinajstić information content (AvgIpc) is 2.63. The van der Waals surface area contributed by atoms with Crippen LogP contribution in [0.4, 0.5) is 0 Å². The zero-order chi connectivity index (χ0) is 18.9. The number of hydrogen-bond donors (Lipinski definition) is 1. The van der Waals surface area contributed by atoms with Crippen LogP contribution in [0.15, 0.2) is 36.4 Å². The van der Waals surface area contributed by atoms with Crippen LogP contribution in [0.5, 0.6) is 5.75 Å². The molecule has 0 bridgehead atoms. The maximum atomic E-state index is 10.4. The molecule has 6 heteroatoms. The number of likely N-dealkylation sites (tertiary alicyclic amines) is 1. The van der Waals surface area contributed by atoms with Gasteiger partial charge in [-0.2, -0.15) is 0 Å². The van der Waals surface area contributed by atoms with Gasteiger partial charge < -0.3 is 5.11 Å². The molecule has 1 aliphatic rings. The third-order valence-corrected chi connectivity index (χ3v) is 6.34. The molecule has 140 valence electrons. The number of phenolic OH excluding ortho intramolecular Hbond substituents is 1. The quantitative estimate of drug-likeness (QED) is 0.528. The number of piperidine rings is 1. The van der Waals surface area contributed by atoms with Gasteiger partial charge in [0.1, 0.15) is 5.75 Å². The summed E-state index contributed by atoms with van der Waals surface area (Å²) in [5.74, 6) is 0.456. The molecule has 1 atom stereocenters. The molecule has 2 aromatic rings. The Morgan fingerprint density at radius 3 is 2.31 bits per heavy atom. The molecule has 1 N–H and O–H groups in total. The Morgan fingerprint density at radius 1 is 1.00 bits per heavy atom. The Labute approximate surface area is 175 Å². The van der Waals surface area contributed by atoms with Crippen molar-refractivity contribution in [3.8, 4) is 5.75 Å². The number of halogens is 2. The van der Waals surface area contributed by atoms with Crippen LogP contribution in [0.2, 0.25) is 0 Å². The van der Waals surface area contributed by atoms with E-state index in [4.69, 9.17) is 18.6 Å². The van der Waals surface area contributed by atoms with Crippen LogP contribution >= 0.6 is 27.2 Å². The van der Waals surface area contributed by atoms with Crippen LogP contribution in [0, 0.1) is 13.8 Å². The van der Waals surface area contributed by atoms with Gasteiger partial charge in [0.05, 0.1) is 0 Å². The van der Waals surface area contributed by atoms with Crippen molar-refractivity contribution in [2.45, 2.75) is 39.7 Å². The zero-order valence-corrected chi connectivity index (χ0v) is 19.4. The number of para-hydroxylation sites is 1. The van der Waals surface area contributed by atoms with Gasteiger partial charge in [0, 0.05) is 11.8 Å². The number of aryl methyl sites for hydroxylation is 2. The molecular formula is C20H26Cl2NOPTi. The van der Waals surface area contributed by atoms with E-state index in [9.17, 15) is 5.11 Å². The standard InChI is InChI=1S/C20H26NOP.2ClH.Ti/c1-15-8-7-11-18(19(15)22)23-20-16(2)9-6-10-17(20)14-21-12-4-3-5-13-21;;;/h6-11,22-23H,3-5,12-14H2,1-2H3;2*1H;/q;;;+2/p-2. The van der Waals surface area contributed by atoms with E-state index in [1.807, 2.05) is 19.1 Å². The van der Waals surface area contributed by atoms with Crippen LogP contribution in [0.25, 0.3) is 0 Å². The fourth-order valence-electron chi connectivity index (χ4n) is 3.29. The van der Waals surface area contributed by atoms with Gasteiger partial charge in [-0.1, -0.05) is 51.4 Å². The second kappa shape index (κ2) is 11.7. The molecule has 0 amide bonds. The minimum atomic E-state index is -0.556. The second-order valence-corrected chi connectivity index (χ2v) is 10.5. The second-order valence-electron chi connectivity index (χ2n) is 6.61. The fraction of sp³-hybridized carbons (Fsp3) is 0.400. The third kappa shape index (κ3) is 6.52. The van der Waals surface area contributed by atoms with Gasteiger partial charge in [0.15, 0.2) is 0 Å². The zero-order valence-electron chi connectivity index (χ0n) is 15.4. The summed E-state index contributed by atoms with van der Waals surface area (Å²) in [6.07, 6.45) is 4.01. The first-order chi connectivity index (χ1) is 12.6. The van der Waals surface area contributed by atoms with Crippen molar-refractivity contribution >= 4 is 37.8 Å². The monoisotopic (exact) mass is 445 g/mol. The van der Waals surface area contributed by atoms with Crippen molar-refractivity contribution in [2.24, 2.45) is 0 Å². The van der Waals surface area contributed by atoms with Crippen LogP contribution in [0.1, 0.15) is 36.0 Å². The number of phenols is 1. The van der Waals surface area contributed by atoms with Crippen molar-refractivity contribution < 1.29 is 22.1 Å². The first-order valence-electron chi connectivity index (χ1n) is 8.89. The van der Waals surface area contributed by atoms with Crippen LogP contribution in [0.3, 0.4) is 0 Å². The van der Waals surface area contributed by atoms with Crippen LogP contribution in [-0.2, 0) is 23.6 Å². The van der Waals surface area contributed by atoms with Gasteiger partial charge in [-0.3, -0.25) is 4.90 Å². The molecule has 0 spiro atoms. The minimum absolute atomic E-state index is 0.456. The van der Waals surface area contributed by atoms with Crippen molar-refractivity contribution in [1.82, 2.24) is 4.90 Å². The van der Waals surface area contributed by atoms with Gasteiger partial charge in [0.25, 0.3) is 0 Å². The molecule has 2 nitrogen and oxygen atoms in total. The summed E-state index contributed by atoms with van der Waals surface area (Å²) in [4.78, 5) is 2.57. The Morgan fingerprint density at radius 2 is 1.62 bits per heavy atom. The third-order valence-electron chi connectivity index (χ3n) is 4.70. The SMILES string of the molecule is Cc1cccc(Pc2c(C)cccc2CN2CCCCC2)c1O.[Cl][Ti][Cl]. The molecule has 26 heavy (non-hydrogen) atoms. The first kappa shape index (κ1) is 22.2. The molecule has 2 aromatic carbocycles. The molecule has 1 unspecified atom stereocenters. The number of rotatable bonds is 4. The Hall–Kier alpha value is -0.0757. The van der Waals surface area contributed by atoms with E-state index in [-0.39, 0.29) is 0 Å². The summed E-state index contributed by atoms with van der Waals surface area (Å²) in [5.41, 5.74) is 3.71. The molecule has 1 saturated heterocycles. The van der Waals surface area contributed by atoms with Crippen molar-refractivity contribution in [3.63, 3.8) is 0 Å². The molecular weight excluding hydrogens is 420 g/mol. The van der Waals surface area contributed by atoms with E-state index in [2.05, 4.69) is 36.1 Å². The van der Waals surface area contributed by atoms with Gasteiger partial charge in [-0.05, 0) is 61.8 Å². The predicted octanol–water partition coefficient (Wildman–Crippen LogP) is 5.00. The Balaban J connectivity index is 0.000000758. The Kier molecular flexibility index (Phi) is 9.99. The van der Waals surface area contributed by atoms with E-state index in [0.717, 1.165) is 17.4 Å². The predicted molar refractivity (Wildman–Crippen MR) is 112 cm³/mol. The van der Waals surface area contributed by atoms with Gasteiger partial charge >= 0.3 is 35.6 Å². The maximum absolute atomic E-state index is 10.4. The summed E-state index contributed by atoms with van der Waals surface area (Å²) in [6.45, 7) is 7.62. The van der Waals surface area contributed by atoms with E-state index in [1.54, 1.807) is 0 Å². The molecule has 3 rings (SSSR count). The topological polar surface area (TPSA) is 23.5 Å². The summed E-state index contributed by atoms with van der Waals surface area (Å²) in [5, 5.41) is 12.8. The number of hydrogen-bond acceptors (Lipinski definition) is 2.